The topological polar surface area (TPSA) is 65.8 Å². The molecule has 0 aliphatic rings. The van der Waals surface area contributed by atoms with Crippen LogP contribution in [0, 0.1) is 0 Å². The van der Waals surface area contributed by atoms with Crippen LogP contribution in [0.4, 0.5) is 0 Å². The van der Waals surface area contributed by atoms with E-state index in [0.29, 0.717) is 5.56 Å². The highest BCUT2D eigenvalue weighted by atomic mass is 16.1. The highest BCUT2D eigenvalue weighted by Crippen LogP contribution is 2.13. The van der Waals surface area contributed by atoms with Crippen molar-refractivity contribution in [2.75, 3.05) is 0 Å². The number of carbonyl (C=O) groups excluding carboxylic acids is 1. The SMILES string of the molecule is CCCCc1ccccc1C(=O)N=[N+]=[N-]. The van der Waals surface area contributed by atoms with Crippen LogP contribution in [0.5, 0.6) is 0 Å². The Bertz CT molecular complexity index is 395. The largest absolute Gasteiger partial charge is 0.287 e. The van der Waals surface area contributed by atoms with E-state index in [1.807, 2.05) is 12.1 Å². The van der Waals surface area contributed by atoms with Crippen molar-refractivity contribution < 1.29 is 4.79 Å². The molecule has 0 saturated heterocycles. The molecule has 0 radical (unpaired) electrons. The van der Waals surface area contributed by atoms with Gasteiger partial charge in [0.05, 0.1) is 0 Å². The molecule has 0 aliphatic heterocycles. The Morgan fingerprint density at radius 3 is 2.87 bits per heavy atom. The highest BCUT2D eigenvalue weighted by molar-refractivity contribution is 5.96. The molecule has 4 nitrogen and oxygen atoms in total. The summed E-state index contributed by atoms with van der Waals surface area (Å²) in [5, 5.41) is 3.11. The zero-order valence-electron chi connectivity index (χ0n) is 8.68. The summed E-state index contributed by atoms with van der Waals surface area (Å²) in [6.45, 7) is 2.10. The Morgan fingerprint density at radius 1 is 1.47 bits per heavy atom. The number of carbonyl (C=O) groups is 1. The van der Waals surface area contributed by atoms with Crippen LogP contribution in [0.1, 0.15) is 35.7 Å². The van der Waals surface area contributed by atoms with Gasteiger partial charge in [0.25, 0.3) is 0 Å². The molecule has 0 saturated carbocycles. The molecule has 0 atom stereocenters. The minimum absolute atomic E-state index is 0.496. The van der Waals surface area contributed by atoms with Crippen LogP contribution < -0.4 is 0 Å². The van der Waals surface area contributed by atoms with Gasteiger partial charge in [0.1, 0.15) is 0 Å². The van der Waals surface area contributed by atoms with Gasteiger partial charge in [-0.2, -0.15) is 0 Å². The molecule has 0 unspecified atom stereocenters. The van der Waals surface area contributed by atoms with E-state index >= 15 is 0 Å². The zero-order chi connectivity index (χ0) is 11.1. The molecule has 78 valence electrons. The fraction of sp³-hybridized carbons (Fsp3) is 0.364. The number of azide groups is 1. The molecule has 0 N–H and O–H groups in total. The first-order valence-electron chi connectivity index (χ1n) is 4.97. The number of hydrogen-bond donors (Lipinski definition) is 0. The van der Waals surface area contributed by atoms with Crippen molar-refractivity contribution >= 4 is 5.91 Å². The van der Waals surface area contributed by atoms with Gasteiger partial charge in [-0.25, -0.2) is 0 Å². The number of benzene rings is 1. The smallest absolute Gasteiger partial charge is 0.249 e. The van der Waals surface area contributed by atoms with E-state index in [0.717, 1.165) is 24.8 Å². The van der Waals surface area contributed by atoms with Gasteiger partial charge >= 0.3 is 0 Å². The molecule has 4 heteroatoms. The van der Waals surface area contributed by atoms with E-state index in [1.165, 1.54) is 0 Å². The summed E-state index contributed by atoms with van der Waals surface area (Å²) in [5.74, 6) is -0.496. The van der Waals surface area contributed by atoms with E-state index in [2.05, 4.69) is 16.9 Å². The first-order valence-corrected chi connectivity index (χ1v) is 4.97. The van der Waals surface area contributed by atoms with Crippen molar-refractivity contribution in [3.05, 3.63) is 45.8 Å². The van der Waals surface area contributed by atoms with E-state index < -0.39 is 5.91 Å². The third-order valence-corrected chi connectivity index (χ3v) is 2.18. The molecule has 1 rings (SSSR count). The Kier molecular flexibility index (Phi) is 4.38. The lowest BCUT2D eigenvalue weighted by Crippen LogP contribution is -2.00. The molecular formula is C11H13N3O. The maximum Gasteiger partial charge on any atom is 0.249 e. The fourth-order valence-corrected chi connectivity index (χ4v) is 1.41. The summed E-state index contributed by atoms with van der Waals surface area (Å²) in [7, 11) is 0. The van der Waals surface area contributed by atoms with Crippen molar-refractivity contribution in [3.63, 3.8) is 0 Å². The molecule has 0 aromatic heterocycles. The highest BCUT2D eigenvalue weighted by Gasteiger charge is 2.07. The van der Waals surface area contributed by atoms with Gasteiger partial charge in [0.2, 0.25) is 5.91 Å². The molecule has 0 spiro atoms. The van der Waals surface area contributed by atoms with Gasteiger partial charge in [-0.15, -0.1) is 0 Å². The molecule has 0 aliphatic carbocycles. The van der Waals surface area contributed by atoms with Gasteiger partial charge in [-0.05, 0) is 29.1 Å². The van der Waals surface area contributed by atoms with Crippen molar-refractivity contribution in [1.82, 2.24) is 0 Å². The lowest BCUT2D eigenvalue weighted by molar-refractivity contribution is 0.0999. The van der Waals surface area contributed by atoms with Gasteiger partial charge in [0, 0.05) is 10.5 Å². The van der Waals surface area contributed by atoms with Gasteiger partial charge in [-0.1, -0.05) is 37.6 Å². The molecule has 0 fully saturated rings. The Hall–Kier alpha value is -1.80. The molecule has 0 bridgehead atoms. The van der Waals surface area contributed by atoms with Crippen LogP contribution in [0.15, 0.2) is 29.4 Å². The van der Waals surface area contributed by atoms with Crippen LogP contribution in [-0.4, -0.2) is 5.91 Å². The van der Waals surface area contributed by atoms with E-state index in [1.54, 1.807) is 12.1 Å². The predicted molar refractivity (Wildman–Crippen MR) is 58.5 cm³/mol. The molecule has 1 aromatic carbocycles. The van der Waals surface area contributed by atoms with Crippen molar-refractivity contribution in [2.24, 2.45) is 5.11 Å². The molecule has 0 heterocycles. The summed E-state index contributed by atoms with van der Waals surface area (Å²) >= 11 is 0. The maximum atomic E-state index is 11.4. The van der Waals surface area contributed by atoms with E-state index in [9.17, 15) is 4.79 Å². The summed E-state index contributed by atoms with van der Waals surface area (Å²) in [6, 6.07) is 7.26. The van der Waals surface area contributed by atoms with Gasteiger partial charge in [0.15, 0.2) is 0 Å². The monoisotopic (exact) mass is 203 g/mol. The fourth-order valence-electron chi connectivity index (χ4n) is 1.41. The number of amides is 1. The Labute approximate surface area is 88.6 Å². The van der Waals surface area contributed by atoms with Crippen LogP contribution in [0.25, 0.3) is 10.4 Å². The zero-order valence-corrected chi connectivity index (χ0v) is 8.68. The third-order valence-electron chi connectivity index (χ3n) is 2.18. The van der Waals surface area contributed by atoms with Gasteiger partial charge in [-0.3, -0.25) is 4.79 Å². The maximum absolute atomic E-state index is 11.4. The molecular weight excluding hydrogens is 190 g/mol. The second-order valence-electron chi connectivity index (χ2n) is 3.26. The third kappa shape index (κ3) is 3.11. The van der Waals surface area contributed by atoms with E-state index in [-0.39, 0.29) is 0 Å². The standard InChI is InChI=1S/C11H13N3O/c1-2-3-6-9-7-4-5-8-10(9)11(15)13-14-12/h4-5,7-8H,2-3,6H2,1H3. The number of rotatable bonds is 4. The predicted octanol–water partition coefficient (Wildman–Crippen LogP) is 3.48. The number of unbranched alkanes of at least 4 members (excludes halogenated alkanes) is 1. The van der Waals surface area contributed by atoms with Gasteiger partial charge < -0.3 is 0 Å². The molecule has 1 amide bonds. The number of nitrogens with zero attached hydrogens (tertiary/aromatic N) is 3. The van der Waals surface area contributed by atoms with Crippen molar-refractivity contribution in [2.45, 2.75) is 26.2 Å². The normalized spacial score (nSPS) is 9.40. The summed E-state index contributed by atoms with van der Waals surface area (Å²) < 4.78 is 0. The molecule has 1 aromatic rings. The summed E-state index contributed by atoms with van der Waals surface area (Å²) in [4.78, 5) is 13.9. The first-order chi connectivity index (χ1) is 7.29. The van der Waals surface area contributed by atoms with Crippen LogP contribution >= 0.6 is 0 Å². The first kappa shape index (κ1) is 11.3. The minimum Gasteiger partial charge on any atom is -0.287 e. The quantitative estimate of drug-likeness (QED) is 0.419. The number of aryl methyl sites for hydroxylation is 1. The van der Waals surface area contributed by atoms with Crippen LogP contribution in [-0.2, 0) is 6.42 Å². The summed E-state index contributed by atoms with van der Waals surface area (Å²) in [5.41, 5.74) is 9.68. The van der Waals surface area contributed by atoms with Crippen LogP contribution in [0.2, 0.25) is 0 Å². The minimum atomic E-state index is -0.496. The second kappa shape index (κ2) is 5.83. The summed E-state index contributed by atoms with van der Waals surface area (Å²) in [6.07, 6.45) is 2.95. The average Bonchev–Trinajstić information content (AvgIpc) is 2.27. The van der Waals surface area contributed by atoms with Crippen molar-refractivity contribution in [1.29, 1.82) is 0 Å². The van der Waals surface area contributed by atoms with Crippen LogP contribution in [0.3, 0.4) is 0 Å². The van der Waals surface area contributed by atoms with E-state index in [4.69, 9.17) is 5.53 Å². The van der Waals surface area contributed by atoms with Crippen molar-refractivity contribution in [3.8, 4) is 0 Å². The average molecular weight is 203 g/mol. The Morgan fingerprint density at radius 2 is 2.20 bits per heavy atom. The Balaban J connectivity index is 2.95. The molecule has 15 heavy (non-hydrogen) atoms. The number of hydrogen-bond acceptors (Lipinski definition) is 1. The lowest BCUT2D eigenvalue weighted by atomic mass is 10.0. The second-order valence-corrected chi connectivity index (χ2v) is 3.26. The lowest BCUT2D eigenvalue weighted by Gasteiger charge is -2.04.